The minimum absolute atomic E-state index is 0.158. The Hall–Kier alpha value is -1.34. The zero-order valence-corrected chi connectivity index (χ0v) is 11.4. The van der Waals surface area contributed by atoms with Gasteiger partial charge in [0.05, 0.1) is 0 Å². The first-order chi connectivity index (χ1) is 8.13. The van der Waals surface area contributed by atoms with Gasteiger partial charge in [0.2, 0.25) is 0 Å². The van der Waals surface area contributed by atoms with Gasteiger partial charge in [-0.15, -0.1) is 0 Å². The van der Waals surface area contributed by atoms with Gasteiger partial charge in [0.25, 0.3) is 0 Å². The summed E-state index contributed by atoms with van der Waals surface area (Å²) >= 11 is 1.50. The first kappa shape index (κ1) is 12.1. The van der Waals surface area contributed by atoms with Crippen molar-refractivity contribution in [3.8, 4) is 5.75 Å². The average molecular weight is 296 g/mol. The van der Waals surface area contributed by atoms with Crippen molar-refractivity contribution in [2.45, 2.75) is 6.61 Å². The topological polar surface area (TPSA) is 9.23 Å². The van der Waals surface area contributed by atoms with Gasteiger partial charge in [-0.3, -0.25) is 0 Å². The van der Waals surface area contributed by atoms with E-state index in [4.69, 9.17) is 4.74 Å². The number of rotatable bonds is 3. The predicted molar refractivity (Wildman–Crippen MR) is 65.3 cm³/mol. The van der Waals surface area contributed by atoms with Crippen LogP contribution < -0.4 is 9.09 Å². The van der Waals surface area contributed by atoms with E-state index in [1.54, 1.807) is 0 Å². The monoisotopic (exact) mass is 296 g/mol. The Morgan fingerprint density at radius 1 is 1.00 bits per heavy atom. The first-order valence-corrected chi connectivity index (χ1v) is 6.28. The van der Waals surface area contributed by atoms with Crippen molar-refractivity contribution in [2.24, 2.45) is 0 Å². The molecule has 0 aliphatic heterocycles. The maximum atomic E-state index is 12.9. The number of halogens is 2. The van der Waals surface area contributed by atoms with Crippen LogP contribution in [0.15, 0.2) is 42.5 Å². The van der Waals surface area contributed by atoms with Gasteiger partial charge in [-0.1, -0.05) is 0 Å². The second kappa shape index (κ2) is 5.33. The molecule has 88 valence electrons. The Kier molecular flexibility index (Phi) is 3.80. The molecule has 4 heteroatoms. The fourth-order valence-corrected chi connectivity index (χ4v) is 2.04. The van der Waals surface area contributed by atoms with Crippen LogP contribution in [-0.2, 0) is 6.61 Å². The number of hydrogen-bond acceptors (Lipinski definition) is 1. The van der Waals surface area contributed by atoms with Gasteiger partial charge in [0.1, 0.15) is 0 Å². The molecule has 1 nitrogen and oxygen atoms in total. The zero-order valence-electron chi connectivity index (χ0n) is 8.99. The number of ether oxygens (including phenoxy) is 1. The van der Waals surface area contributed by atoms with Crippen molar-refractivity contribution in [1.82, 2.24) is 0 Å². The van der Waals surface area contributed by atoms with Gasteiger partial charge in [-0.2, -0.15) is 0 Å². The van der Waals surface area contributed by atoms with Crippen LogP contribution in [0.2, 0.25) is 0 Å². The fraction of sp³-hybridized carbons (Fsp3) is 0.0769. The fourth-order valence-electron chi connectivity index (χ4n) is 1.47. The summed E-state index contributed by atoms with van der Waals surface area (Å²) in [5, 5.41) is 0. The average Bonchev–Trinajstić information content (AvgIpc) is 2.25. The Labute approximate surface area is 107 Å². The van der Waals surface area contributed by atoms with E-state index in [0.717, 1.165) is 10.4 Å². The third-order valence-electron chi connectivity index (χ3n) is 2.19. The molecule has 1 unspecified atom stereocenters. The SMILES string of the molecule is Fc1cc(F)cc(COc2cccc([AsH2])c2)c1. The van der Waals surface area contributed by atoms with Crippen LogP contribution in [0.25, 0.3) is 0 Å². The molecule has 0 aromatic heterocycles. The van der Waals surface area contributed by atoms with Crippen LogP contribution >= 0.6 is 0 Å². The molecule has 2 aromatic carbocycles. The normalized spacial score (nSPS) is 10.3. The standard InChI is InChI=1S/C13H11AsF2O/c14-10-2-1-3-13(6-10)17-8-9-4-11(15)7-12(16)5-9/h1-7H,8,14H2. The van der Waals surface area contributed by atoms with Crippen LogP contribution in [0.5, 0.6) is 5.75 Å². The summed E-state index contributed by atoms with van der Waals surface area (Å²) < 4.78 is 32.4. The summed E-state index contributed by atoms with van der Waals surface area (Å²) in [5.41, 5.74) is 0.481. The molecule has 0 spiro atoms. The molecule has 0 radical (unpaired) electrons. The van der Waals surface area contributed by atoms with E-state index in [-0.39, 0.29) is 6.61 Å². The second-order valence-electron chi connectivity index (χ2n) is 3.64. The predicted octanol–water partition coefficient (Wildman–Crippen LogP) is 1.80. The molecule has 0 N–H and O–H groups in total. The van der Waals surface area contributed by atoms with E-state index in [2.05, 4.69) is 0 Å². The first-order valence-electron chi connectivity index (χ1n) is 5.07. The van der Waals surface area contributed by atoms with Crippen LogP contribution in [0.4, 0.5) is 8.78 Å². The van der Waals surface area contributed by atoms with Gasteiger partial charge in [-0.05, 0) is 0 Å². The Morgan fingerprint density at radius 2 is 1.71 bits per heavy atom. The van der Waals surface area contributed by atoms with Gasteiger partial charge in [-0.25, -0.2) is 0 Å². The van der Waals surface area contributed by atoms with E-state index in [0.29, 0.717) is 11.3 Å². The van der Waals surface area contributed by atoms with Crippen molar-refractivity contribution >= 4 is 21.2 Å². The molecular weight excluding hydrogens is 285 g/mol. The molecule has 0 fully saturated rings. The zero-order chi connectivity index (χ0) is 12.3. The van der Waals surface area contributed by atoms with E-state index in [1.807, 2.05) is 24.3 Å². The van der Waals surface area contributed by atoms with E-state index in [1.165, 1.54) is 29.0 Å². The van der Waals surface area contributed by atoms with Crippen molar-refractivity contribution in [3.63, 3.8) is 0 Å². The van der Waals surface area contributed by atoms with Crippen LogP contribution in [-0.4, -0.2) is 16.9 Å². The third kappa shape index (κ3) is 3.57. The van der Waals surface area contributed by atoms with Crippen molar-refractivity contribution in [2.75, 3.05) is 0 Å². The summed E-state index contributed by atoms with van der Waals surface area (Å²) in [6.07, 6.45) is 0. The quantitative estimate of drug-likeness (QED) is 0.785. The maximum absolute atomic E-state index is 12.9. The van der Waals surface area contributed by atoms with Crippen molar-refractivity contribution in [1.29, 1.82) is 0 Å². The second-order valence-corrected chi connectivity index (χ2v) is 5.04. The van der Waals surface area contributed by atoms with E-state index in [9.17, 15) is 8.78 Å². The van der Waals surface area contributed by atoms with Crippen LogP contribution in [0.3, 0.4) is 0 Å². The molecule has 2 rings (SSSR count). The molecule has 17 heavy (non-hydrogen) atoms. The molecular formula is C13H11AsF2O. The van der Waals surface area contributed by atoms with Crippen molar-refractivity contribution in [3.05, 3.63) is 59.7 Å². The molecule has 0 aliphatic rings. The van der Waals surface area contributed by atoms with Gasteiger partial charge < -0.3 is 0 Å². The van der Waals surface area contributed by atoms with Crippen LogP contribution in [0.1, 0.15) is 5.56 Å². The van der Waals surface area contributed by atoms with E-state index >= 15 is 0 Å². The Bertz CT molecular complexity index is 508. The molecule has 0 aliphatic carbocycles. The van der Waals surface area contributed by atoms with Gasteiger partial charge in [0.15, 0.2) is 0 Å². The van der Waals surface area contributed by atoms with Gasteiger partial charge >= 0.3 is 107 Å². The molecule has 0 saturated heterocycles. The Morgan fingerprint density at radius 3 is 2.35 bits per heavy atom. The molecule has 0 amide bonds. The van der Waals surface area contributed by atoms with Gasteiger partial charge in [0, 0.05) is 0 Å². The minimum atomic E-state index is -0.587. The van der Waals surface area contributed by atoms with Crippen molar-refractivity contribution < 1.29 is 13.5 Å². The van der Waals surface area contributed by atoms with E-state index < -0.39 is 11.6 Å². The molecule has 0 bridgehead atoms. The summed E-state index contributed by atoms with van der Waals surface area (Å²) in [5.74, 6) is -0.469. The third-order valence-corrected chi connectivity index (χ3v) is 2.94. The molecule has 1 atom stereocenters. The summed E-state index contributed by atoms with van der Waals surface area (Å²) in [6.45, 7) is 0.158. The molecule has 0 heterocycles. The summed E-state index contributed by atoms with van der Waals surface area (Å²) in [4.78, 5) is 0. The number of hydrogen-bond donors (Lipinski definition) is 0. The number of benzene rings is 2. The molecule has 2 aromatic rings. The summed E-state index contributed by atoms with van der Waals surface area (Å²) in [7, 11) is 0. The molecule has 0 saturated carbocycles. The Balaban J connectivity index is 2.07. The summed E-state index contributed by atoms with van der Waals surface area (Å²) in [6, 6.07) is 11.0. The van der Waals surface area contributed by atoms with Crippen LogP contribution in [0, 0.1) is 11.6 Å².